The Labute approximate surface area is 111 Å². The maximum atomic E-state index is 12.1. The van der Waals surface area contributed by atoms with Gasteiger partial charge in [0.1, 0.15) is 0 Å². The molecule has 1 rings (SSSR count). The summed E-state index contributed by atoms with van der Waals surface area (Å²) in [5.41, 5.74) is 5.78. The summed E-state index contributed by atoms with van der Waals surface area (Å²) >= 11 is 0. The van der Waals surface area contributed by atoms with Gasteiger partial charge in [-0.05, 0) is 32.9 Å². The lowest BCUT2D eigenvalue weighted by molar-refractivity contribution is -0.124. The van der Waals surface area contributed by atoms with Gasteiger partial charge < -0.3 is 16.0 Å². The molecule has 0 fully saturated rings. The van der Waals surface area contributed by atoms with Gasteiger partial charge in [0.15, 0.2) is 0 Å². The number of likely N-dealkylation sites (N-methyl/N-ethyl adjacent to an activating group) is 1. The van der Waals surface area contributed by atoms with Gasteiger partial charge in [-0.2, -0.15) is 0 Å². The first-order valence-corrected chi connectivity index (χ1v) is 6.77. The molecular formula is C14H27N3O. The monoisotopic (exact) mass is 253 g/mol. The number of hydrogen-bond donors (Lipinski definition) is 2. The van der Waals surface area contributed by atoms with Crippen LogP contribution in [0.3, 0.4) is 0 Å². The lowest BCUT2D eigenvalue weighted by Crippen LogP contribution is -2.44. The average Bonchev–Trinajstić information content (AvgIpc) is 2.62. The van der Waals surface area contributed by atoms with Gasteiger partial charge in [0.05, 0.1) is 5.92 Å². The third kappa shape index (κ3) is 5.19. The molecule has 0 saturated heterocycles. The molecule has 0 saturated carbocycles. The van der Waals surface area contributed by atoms with E-state index in [9.17, 15) is 4.79 Å². The van der Waals surface area contributed by atoms with Gasteiger partial charge >= 0.3 is 0 Å². The van der Waals surface area contributed by atoms with E-state index in [2.05, 4.69) is 24.1 Å². The van der Waals surface area contributed by atoms with Crippen molar-refractivity contribution < 1.29 is 4.79 Å². The van der Waals surface area contributed by atoms with Crippen molar-refractivity contribution in [3.8, 4) is 0 Å². The molecule has 0 spiro atoms. The van der Waals surface area contributed by atoms with Crippen molar-refractivity contribution in [2.24, 2.45) is 17.6 Å². The summed E-state index contributed by atoms with van der Waals surface area (Å²) in [5, 5.41) is 3.15. The lowest BCUT2D eigenvalue weighted by Gasteiger charge is -2.25. The fraction of sp³-hybridized carbons (Fsp3) is 0.786. The quantitative estimate of drug-likeness (QED) is 0.694. The Morgan fingerprint density at radius 1 is 1.44 bits per heavy atom. The van der Waals surface area contributed by atoms with E-state index < -0.39 is 0 Å². The number of hydrogen-bond acceptors (Lipinski definition) is 3. The van der Waals surface area contributed by atoms with Gasteiger partial charge in [0.2, 0.25) is 5.91 Å². The molecule has 4 nitrogen and oxygen atoms in total. The molecule has 3 atom stereocenters. The minimum Gasteiger partial charge on any atom is -0.352 e. The molecule has 104 valence electrons. The smallest absolute Gasteiger partial charge is 0.227 e. The molecule has 0 aromatic carbocycles. The van der Waals surface area contributed by atoms with Crippen LogP contribution >= 0.6 is 0 Å². The number of nitrogens with two attached hydrogens (primary N) is 1. The zero-order valence-electron chi connectivity index (χ0n) is 12.0. The predicted octanol–water partition coefficient (Wildman–Crippen LogP) is 0.982. The van der Waals surface area contributed by atoms with Crippen LogP contribution < -0.4 is 11.1 Å². The van der Waals surface area contributed by atoms with Crippen LogP contribution in [0, 0.1) is 11.8 Å². The van der Waals surface area contributed by atoms with Crippen molar-refractivity contribution in [2.45, 2.75) is 38.8 Å². The van der Waals surface area contributed by atoms with Gasteiger partial charge in [-0.3, -0.25) is 4.79 Å². The van der Waals surface area contributed by atoms with Crippen molar-refractivity contribution in [1.29, 1.82) is 0 Å². The van der Waals surface area contributed by atoms with Gasteiger partial charge in [0, 0.05) is 18.6 Å². The van der Waals surface area contributed by atoms with E-state index in [0.29, 0.717) is 5.92 Å². The van der Waals surface area contributed by atoms with Crippen LogP contribution in [-0.2, 0) is 4.79 Å². The highest BCUT2D eigenvalue weighted by atomic mass is 16.1. The SMILES string of the molecule is CC(C)CC(CN(C)C)NC(=O)C1C=CC(N)C1. The van der Waals surface area contributed by atoms with E-state index in [4.69, 9.17) is 5.73 Å². The second kappa shape index (κ2) is 6.90. The predicted molar refractivity (Wildman–Crippen MR) is 75.2 cm³/mol. The summed E-state index contributed by atoms with van der Waals surface area (Å²) < 4.78 is 0. The number of amides is 1. The normalized spacial score (nSPS) is 24.8. The topological polar surface area (TPSA) is 58.4 Å². The van der Waals surface area contributed by atoms with Crippen LogP contribution in [0.25, 0.3) is 0 Å². The van der Waals surface area contributed by atoms with Gasteiger partial charge in [-0.15, -0.1) is 0 Å². The molecule has 3 unspecified atom stereocenters. The summed E-state index contributed by atoms with van der Waals surface area (Å²) in [5.74, 6) is 0.653. The van der Waals surface area contributed by atoms with Crippen LogP contribution in [0.4, 0.5) is 0 Å². The molecule has 0 radical (unpaired) electrons. The highest BCUT2D eigenvalue weighted by Gasteiger charge is 2.25. The first kappa shape index (κ1) is 15.2. The Balaban J connectivity index is 2.49. The largest absolute Gasteiger partial charge is 0.352 e. The minimum absolute atomic E-state index is 0.0400. The van der Waals surface area contributed by atoms with Crippen LogP contribution in [0.5, 0.6) is 0 Å². The molecule has 0 aromatic rings. The van der Waals surface area contributed by atoms with E-state index in [-0.39, 0.29) is 23.9 Å². The Kier molecular flexibility index (Phi) is 5.82. The first-order valence-electron chi connectivity index (χ1n) is 6.77. The fourth-order valence-electron chi connectivity index (χ4n) is 2.42. The van der Waals surface area contributed by atoms with E-state index in [1.54, 1.807) is 0 Å². The number of carbonyl (C=O) groups is 1. The van der Waals surface area contributed by atoms with E-state index in [1.165, 1.54) is 0 Å². The molecule has 1 aliphatic rings. The standard InChI is InChI=1S/C14H27N3O/c1-10(2)7-13(9-17(3)4)16-14(18)11-5-6-12(15)8-11/h5-6,10-13H,7-9,15H2,1-4H3,(H,16,18). The van der Waals surface area contributed by atoms with E-state index in [0.717, 1.165) is 19.4 Å². The first-order chi connectivity index (χ1) is 8.38. The number of carbonyl (C=O) groups excluding carboxylic acids is 1. The van der Waals surface area contributed by atoms with Crippen LogP contribution in [-0.4, -0.2) is 43.5 Å². The molecular weight excluding hydrogens is 226 g/mol. The second-order valence-electron chi connectivity index (χ2n) is 5.99. The summed E-state index contributed by atoms with van der Waals surface area (Å²) in [6.07, 6.45) is 5.60. The number of rotatable bonds is 6. The Morgan fingerprint density at radius 2 is 2.11 bits per heavy atom. The van der Waals surface area contributed by atoms with Gasteiger partial charge in [0.25, 0.3) is 0 Å². The van der Waals surface area contributed by atoms with E-state index >= 15 is 0 Å². The molecule has 0 aliphatic heterocycles. The van der Waals surface area contributed by atoms with E-state index in [1.807, 2.05) is 26.2 Å². The molecule has 1 amide bonds. The summed E-state index contributed by atoms with van der Waals surface area (Å²) in [6.45, 7) is 5.24. The average molecular weight is 253 g/mol. The lowest BCUT2D eigenvalue weighted by atomic mass is 10.0. The zero-order chi connectivity index (χ0) is 13.7. The third-order valence-corrected chi connectivity index (χ3v) is 3.14. The van der Waals surface area contributed by atoms with Crippen LogP contribution in [0.15, 0.2) is 12.2 Å². The van der Waals surface area contributed by atoms with Crippen molar-refractivity contribution in [3.05, 3.63) is 12.2 Å². The minimum atomic E-state index is -0.0446. The number of nitrogens with zero attached hydrogens (tertiary/aromatic N) is 1. The Hall–Kier alpha value is -0.870. The third-order valence-electron chi connectivity index (χ3n) is 3.14. The Bertz CT molecular complexity index is 289. The van der Waals surface area contributed by atoms with Crippen molar-refractivity contribution in [1.82, 2.24) is 10.2 Å². The van der Waals surface area contributed by atoms with Crippen molar-refractivity contribution in [2.75, 3.05) is 20.6 Å². The maximum Gasteiger partial charge on any atom is 0.227 e. The molecule has 0 heterocycles. The van der Waals surface area contributed by atoms with Crippen molar-refractivity contribution >= 4 is 5.91 Å². The van der Waals surface area contributed by atoms with Gasteiger partial charge in [-0.25, -0.2) is 0 Å². The summed E-state index contributed by atoms with van der Waals surface area (Å²) in [6, 6.07) is 0.260. The molecule has 3 N–H and O–H groups in total. The maximum absolute atomic E-state index is 12.1. The fourth-order valence-corrected chi connectivity index (χ4v) is 2.42. The van der Waals surface area contributed by atoms with Crippen LogP contribution in [0.1, 0.15) is 26.7 Å². The molecule has 0 bridgehead atoms. The molecule has 1 aliphatic carbocycles. The Morgan fingerprint density at radius 3 is 2.56 bits per heavy atom. The molecule has 0 aromatic heterocycles. The highest BCUT2D eigenvalue weighted by Crippen LogP contribution is 2.17. The molecule has 18 heavy (non-hydrogen) atoms. The number of nitrogens with one attached hydrogen (secondary N) is 1. The molecule has 4 heteroatoms. The van der Waals surface area contributed by atoms with Gasteiger partial charge in [-0.1, -0.05) is 26.0 Å². The second-order valence-corrected chi connectivity index (χ2v) is 5.99. The van der Waals surface area contributed by atoms with Crippen molar-refractivity contribution in [3.63, 3.8) is 0 Å². The van der Waals surface area contributed by atoms with Crippen LogP contribution in [0.2, 0.25) is 0 Å². The summed E-state index contributed by atoms with van der Waals surface area (Å²) in [7, 11) is 4.07. The zero-order valence-corrected chi connectivity index (χ0v) is 12.0. The summed E-state index contributed by atoms with van der Waals surface area (Å²) in [4.78, 5) is 14.2. The highest BCUT2D eigenvalue weighted by molar-refractivity contribution is 5.81.